The number of hydrogen-bond donors (Lipinski definition) is 2. The van der Waals surface area contributed by atoms with Crippen molar-refractivity contribution < 1.29 is 9.84 Å². The molecule has 4 heteroatoms. The van der Waals surface area contributed by atoms with Crippen LogP contribution in [0.15, 0.2) is 24.3 Å². The molecule has 0 spiro atoms. The van der Waals surface area contributed by atoms with E-state index in [2.05, 4.69) is 12.2 Å². The lowest BCUT2D eigenvalue weighted by Gasteiger charge is -2.23. The van der Waals surface area contributed by atoms with E-state index in [1.54, 1.807) is 31.2 Å². The Bertz CT molecular complexity index is 393. The molecule has 0 radical (unpaired) electrons. The first kappa shape index (κ1) is 14.5. The molecule has 0 aliphatic heterocycles. The van der Waals surface area contributed by atoms with Crippen LogP contribution in [-0.2, 0) is 0 Å². The van der Waals surface area contributed by atoms with Crippen LogP contribution in [0, 0.1) is 11.3 Å². The zero-order valence-corrected chi connectivity index (χ0v) is 10.9. The van der Waals surface area contributed by atoms with Gasteiger partial charge in [-0.2, -0.15) is 5.26 Å². The van der Waals surface area contributed by atoms with E-state index in [0.29, 0.717) is 17.9 Å². The van der Waals surface area contributed by atoms with Gasteiger partial charge >= 0.3 is 0 Å². The highest BCUT2D eigenvalue weighted by Crippen LogP contribution is 2.13. The van der Waals surface area contributed by atoms with Crippen molar-refractivity contribution in [3.05, 3.63) is 29.8 Å². The lowest BCUT2D eigenvalue weighted by atomic mass is 10.1. The number of nitrogens with zero attached hydrogens (tertiary/aromatic N) is 1. The molecule has 0 aliphatic carbocycles. The fraction of sp³-hybridized carbons (Fsp3) is 0.500. The fourth-order valence-corrected chi connectivity index (χ4v) is 1.45. The van der Waals surface area contributed by atoms with Crippen LogP contribution in [0.2, 0.25) is 0 Å². The first-order valence-electron chi connectivity index (χ1n) is 6.13. The summed E-state index contributed by atoms with van der Waals surface area (Å²) in [5.41, 5.74) is -0.304. The number of benzene rings is 1. The van der Waals surface area contributed by atoms with Crippen molar-refractivity contribution in [2.45, 2.75) is 25.9 Å². The second-order valence-electron chi connectivity index (χ2n) is 4.60. The van der Waals surface area contributed by atoms with Crippen molar-refractivity contribution >= 4 is 0 Å². The number of nitriles is 1. The molecule has 98 valence electrons. The molecule has 1 atom stereocenters. The number of ether oxygens (including phenoxy) is 1. The summed E-state index contributed by atoms with van der Waals surface area (Å²) in [7, 11) is 0. The van der Waals surface area contributed by atoms with Crippen molar-refractivity contribution in [3.63, 3.8) is 0 Å². The molecule has 0 fully saturated rings. The van der Waals surface area contributed by atoms with E-state index >= 15 is 0 Å². The topological polar surface area (TPSA) is 65.3 Å². The van der Waals surface area contributed by atoms with Gasteiger partial charge in [-0.15, -0.1) is 0 Å². The Morgan fingerprint density at radius 3 is 2.61 bits per heavy atom. The van der Waals surface area contributed by atoms with E-state index in [4.69, 9.17) is 10.00 Å². The van der Waals surface area contributed by atoms with Gasteiger partial charge in [-0.1, -0.05) is 6.92 Å². The maximum atomic E-state index is 10.1. The maximum Gasteiger partial charge on any atom is 0.119 e. The zero-order valence-electron chi connectivity index (χ0n) is 10.9. The summed E-state index contributed by atoms with van der Waals surface area (Å²) in [4.78, 5) is 0. The third kappa shape index (κ3) is 5.17. The number of hydrogen-bond acceptors (Lipinski definition) is 4. The predicted molar refractivity (Wildman–Crippen MR) is 70.4 cm³/mol. The van der Waals surface area contributed by atoms with Gasteiger partial charge in [0.15, 0.2) is 0 Å². The quantitative estimate of drug-likeness (QED) is 0.721. The van der Waals surface area contributed by atoms with Crippen LogP contribution in [0.5, 0.6) is 5.75 Å². The molecular weight excluding hydrogens is 228 g/mol. The smallest absolute Gasteiger partial charge is 0.119 e. The standard InChI is InChI=1S/C14H20N2O2/c1-3-8-16-10-14(2,17)11-18-13-6-4-12(9-15)5-7-13/h4-7,16-17H,3,8,10-11H2,1-2H3. The van der Waals surface area contributed by atoms with Gasteiger partial charge in [0.2, 0.25) is 0 Å². The molecule has 1 aromatic carbocycles. The van der Waals surface area contributed by atoms with E-state index in [-0.39, 0.29) is 6.61 Å². The Balaban J connectivity index is 2.40. The van der Waals surface area contributed by atoms with Crippen molar-refractivity contribution in [1.29, 1.82) is 5.26 Å². The van der Waals surface area contributed by atoms with Gasteiger partial charge in [0.1, 0.15) is 18.0 Å². The van der Waals surface area contributed by atoms with Gasteiger partial charge in [0.25, 0.3) is 0 Å². The monoisotopic (exact) mass is 248 g/mol. The highest BCUT2D eigenvalue weighted by molar-refractivity contribution is 5.34. The summed E-state index contributed by atoms with van der Waals surface area (Å²) in [5.74, 6) is 0.657. The fourth-order valence-electron chi connectivity index (χ4n) is 1.45. The van der Waals surface area contributed by atoms with Gasteiger partial charge < -0.3 is 15.2 Å². The van der Waals surface area contributed by atoms with Crippen molar-refractivity contribution in [2.75, 3.05) is 19.7 Å². The average Bonchev–Trinajstić information content (AvgIpc) is 2.37. The highest BCUT2D eigenvalue weighted by Gasteiger charge is 2.20. The number of aliphatic hydroxyl groups is 1. The molecule has 0 saturated heterocycles. The second kappa shape index (κ2) is 7.00. The summed E-state index contributed by atoms with van der Waals surface area (Å²) < 4.78 is 5.50. The molecule has 18 heavy (non-hydrogen) atoms. The van der Waals surface area contributed by atoms with E-state index in [9.17, 15) is 5.11 Å². The predicted octanol–water partition coefficient (Wildman–Crippen LogP) is 1.69. The molecule has 1 rings (SSSR count). The van der Waals surface area contributed by atoms with Crippen LogP contribution >= 0.6 is 0 Å². The van der Waals surface area contributed by atoms with Crippen LogP contribution in [0.3, 0.4) is 0 Å². The zero-order chi connectivity index (χ0) is 13.4. The third-order valence-corrected chi connectivity index (χ3v) is 2.47. The SMILES string of the molecule is CCCNCC(C)(O)COc1ccc(C#N)cc1. The molecule has 4 nitrogen and oxygen atoms in total. The average molecular weight is 248 g/mol. The van der Waals surface area contributed by atoms with Gasteiger partial charge in [0, 0.05) is 6.54 Å². The Kier molecular flexibility index (Phi) is 5.63. The molecule has 0 heterocycles. The van der Waals surface area contributed by atoms with E-state index < -0.39 is 5.60 Å². The van der Waals surface area contributed by atoms with Gasteiger partial charge in [-0.3, -0.25) is 0 Å². The molecule has 0 amide bonds. The molecule has 0 bridgehead atoms. The summed E-state index contributed by atoms with van der Waals surface area (Å²) in [6, 6.07) is 8.89. The van der Waals surface area contributed by atoms with Crippen LogP contribution in [0.4, 0.5) is 0 Å². The van der Waals surface area contributed by atoms with Crippen molar-refractivity contribution in [3.8, 4) is 11.8 Å². The molecule has 1 unspecified atom stereocenters. The minimum Gasteiger partial charge on any atom is -0.491 e. The summed E-state index contributed by atoms with van der Waals surface area (Å²) in [5, 5.41) is 21.9. The number of rotatable bonds is 7. The van der Waals surface area contributed by atoms with Gasteiger partial charge in [0.05, 0.1) is 11.6 Å². The Morgan fingerprint density at radius 1 is 1.39 bits per heavy atom. The van der Waals surface area contributed by atoms with E-state index in [1.807, 2.05) is 6.07 Å². The minimum atomic E-state index is -0.900. The molecule has 2 N–H and O–H groups in total. The largest absolute Gasteiger partial charge is 0.491 e. The lowest BCUT2D eigenvalue weighted by Crippen LogP contribution is -2.43. The van der Waals surface area contributed by atoms with Crippen molar-refractivity contribution in [1.82, 2.24) is 5.32 Å². The van der Waals surface area contributed by atoms with Crippen LogP contribution in [-0.4, -0.2) is 30.4 Å². The summed E-state index contributed by atoms with van der Waals surface area (Å²) in [6.45, 7) is 5.41. The normalized spacial score (nSPS) is 13.7. The van der Waals surface area contributed by atoms with Gasteiger partial charge in [-0.25, -0.2) is 0 Å². The first-order valence-corrected chi connectivity index (χ1v) is 6.13. The molecular formula is C14H20N2O2. The first-order chi connectivity index (χ1) is 8.57. The van der Waals surface area contributed by atoms with Crippen molar-refractivity contribution in [2.24, 2.45) is 0 Å². The van der Waals surface area contributed by atoms with Crippen LogP contribution < -0.4 is 10.1 Å². The Hall–Kier alpha value is -1.57. The molecule has 0 aliphatic rings. The van der Waals surface area contributed by atoms with Crippen LogP contribution in [0.25, 0.3) is 0 Å². The highest BCUT2D eigenvalue weighted by atomic mass is 16.5. The van der Waals surface area contributed by atoms with E-state index in [1.165, 1.54) is 0 Å². The molecule has 0 saturated carbocycles. The number of nitrogens with one attached hydrogen (secondary N) is 1. The minimum absolute atomic E-state index is 0.218. The van der Waals surface area contributed by atoms with Gasteiger partial charge in [-0.05, 0) is 44.2 Å². The summed E-state index contributed by atoms with van der Waals surface area (Å²) >= 11 is 0. The summed E-state index contributed by atoms with van der Waals surface area (Å²) in [6.07, 6.45) is 1.03. The third-order valence-electron chi connectivity index (χ3n) is 2.47. The Morgan fingerprint density at radius 2 is 2.06 bits per heavy atom. The lowest BCUT2D eigenvalue weighted by molar-refractivity contribution is 0.0125. The second-order valence-corrected chi connectivity index (χ2v) is 4.60. The molecule has 0 aromatic heterocycles. The van der Waals surface area contributed by atoms with E-state index in [0.717, 1.165) is 13.0 Å². The maximum absolute atomic E-state index is 10.1. The molecule has 1 aromatic rings. The van der Waals surface area contributed by atoms with Crippen LogP contribution in [0.1, 0.15) is 25.8 Å². The Labute approximate surface area is 108 Å².